The van der Waals surface area contributed by atoms with E-state index in [-0.39, 0.29) is 55.3 Å². The van der Waals surface area contributed by atoms with Crippen LogP contribution in [0.5, 0.6) is 0 Å². The molecule has 1 aliphatic rings. The molecule has 1 aliphatic carbocycles. The third-order valence-electron chi connectivity index (χ3n) is 2.37. The third kappa shape index (κ3) is 6.45. The standard InChI is InChI=1S/C8H18N.C5H5.2ClH.Ti/c1-7(2,3)9-8(4,5)6;1-2-4-5-3-1;;;/h1-6H3;1-5H;2*1H;/q-1;;;;+3/p-2. The Balaban J connectivity index is 0. The molecule has 4 heteroatoms. The smallest absolute Gasteiger partial charge is 1.00 e. The van der Waals surface area contributed by atoms with Gasteiger partial charge in [0.25, 0.3) is 0 Å². The molecule has 0 aliphatic heterocycles. The Morgan fingerprint density at radius 2 is 1.18 bits per heavy atom. The number of hydrogen-bond acceptors (Lipinski definition) is 1. The fourth-order valence-electron chi connectivity index (χ4n) is 2.06. The van der Waals surface area contributed by atoms with Gasteiger partial charge in [0, 0.05) is 0 Å². The molecule has 1 nitrogen and oxygen atoms in total. The molecule has 98 valence electrons. The summed E-state index contributed by atoms with van der Waals surface area (Å²) >= 11 is -0.111. The van der Waals surface area contributed by atoms with Crippen LogP contribution in [0.2, 0.25) is 4.22 Å². The van der Waals surface area contributed by atoms with E-state index in [2.05, 4.69) is 69.2 Å². The van der Waals surface area contributed by atoms with Crippen LogP contribution in [0.4, 0.5) is 0 Å². The molecular weight excluding hydrogens is 289 g/mol. The van der Waals surface area contributed by atoms with Crippen LogP contribution in [0.1, 0.15) is 41.5 Å². The first-order chi connectivity index (χ1) is 6.71. The maximum absolute atomic E-state index is 2.70. The van der Waals surface area contributed by atoms with E-state index in [1.165, 1.54) is 0 Å². The van der Waals surface area contributed by atoms with Crippen LogP contribution in [0.3, 0.4) is 0 Å². The molecular formula is C13H23Cl2NTi. The molecule has 0 aromatic carbocycles. The van der Waals surface area contributed by atoms with E-state index in [1.807, 2.05) is 0 Å². The van der Waals surface area contributed by atoms with Crippen molar-refractivity contribution in [3.8, 4) is 0 Å². The molecule has 0 amide bonds. The van der Waals surface area contributed by atoms with Gasteiger partial charge in [-0.1, -0.05) is 0 Å². The molecule has 0 atom stereocenters. The molecule has 0 aromatic heterocycles. The molecule has 0 N–H and O–H groups in total. The van der Waals surface area contributed by atoms with E-state index < -0.39 is 0 Å². The normalized spacial score (nSPS) is 15.5. The van der Waals surface area contributed by atoms with Gasteiger partial charge >= 0.3 is 104 Å². The van der Waals surface area contributed by atoms with Crippen molar-refractivity contribution in [1.82, 2.24) is 3.38 Å². The summed E-state index contributed by atoms with van der Waals surface area (Å²) in [6.07, 6.45) is 9.03. The molecule has 0 spiro atoms. The SMILES string of the molecule is CC(C)(C)[N]([Ti+2][CH]1C=CC=C1)C(C)(C)C.[Cl-].[Cl-]. The van der Waals surface area contributed by atoms with E-state index in [4.69, 9.17) is 0 Å². The summed E-state index contributed by atoms with van der Waals surface area (Å²) in [5, 5.41) is 0. The molecule has 0 bridgehead atoms. The quantitative estimate of drug-likeness (QED) is 0.524. The molecule has 0 saturated heterocycles. The number of nitrogens with zero attached hydrogens (tertiary/aromatic N) is 1. The van der Waals surface area contributed by atoms with Crippen LogP contribution in [-0.2, 0) is 19.4 Å². The van der Waals surface area contributed by atoms with Gasteiger partial charge in [0.15, 0.2) is 0 Å². The van der Waals surface area contributed by atoms with Crippen molar-refractivity contribution in [2.75, 3.05) is 0 Å². The van der Waals surface area contributed by atoms with Crippen molar-refractivity contribution in [1.29, 1.82) is 0 Å². The first-order valence-corrected chi connectivity index (χ1v) is 7.23. The second kappa shape index (κ2) is 7.35. The third-order valence-corrected chi connectivity index (χ3v) is 5.93. The Hall–Kier alpha value is 0.734. The van der Waals surface area contributed by atoms with E-state index in [9.17, 15) is 0 Å². The predicted molar refractivity (Wildman–Crippen MR) is 63.4 cm³/mol. The van der Waals surface area contributed by atoms with E-state index >= 15 is 0 Å². The molecule has 17 heavy (non-hydrogen) atoms. The average molecular weight is 312 g/mol. The van der Waals surface area contributed by atoms with Crippen molar-refractivity contribution in [2.45, 2.75) is 56.8 Å². The van der Waals surface area contributed by atoms with Gasteiger partial charge in [-0.15, -0.1) is 0 Å². The van der Waals surface area contributed by atoms with Gasteiger partial charge in [-0.25, -0.2) is 0 Å². The minimum atomic E-state index is -0.111. The van der Waals surface area contributed by atoms with Crippen LogP contribution >= 0.6 is 0 Å². The Morgan fingerprint density at radius 3 is 1.47 bits per heavy atom. The summed E-state index contributed by atoms with van der Waals surface area (Å²) < 4.78 is 3.41. The minimum Gasteiger partial charge on any atom is -1.00 e. The van der Waals surface area contributed by atoms with Crippen LogP contribution in [0.15, 0.2) is 24.3 Å². The molecule has 0 radical (unpaired) electrons. The Morgan fingerprint density at radius 1 is 0.824 bits per heavy atom. The largest absolute Gasteiger partial charge is 1.00 e. The second-order valence-corrected chi connectivity index (χ2v) is 8.24. The predicted octanol–water partition coefficient (Wildman–Crippen LogP) is -2.19. The minimum absolute atomic E-state index is 0. The van der Waals surface area contributed by atoms with Gasteiger partial charge in [-0.3, -0.25) is 0 Å². The summed E-state index contributed by atoms with van der Waals surface area (Å²) in [6.45, 7) is 13.9. The zero-order valence-corrected chi connectivity index (χ0v) is 14.7. The van der Waals surface area contributed by atoms with E-state index in [0.717, 1.165) is 0 Å². The molecule has 0 heterocycles. The van der Waals surface area contributed by atoms with E-state index in [0.29, 0.717) is 4.22 Å². The number of rotatable bonds is 2. The summed E-state index contributed by atoms with van der Waals surface area (Å²) in [5.41, 5.74) is 0.561. The van der Waals surface area contributed by atoms with Crippen molar-refractivity contribution < 1.29 is 44.2 Å². The van der Waals surface area contributed by atoms with E-state index in [1.54, 1.807) is 0 Å². The van der Waals surface area contributed by atoms with Gasteiger partial charge in [-0.05, 0) is 0 Å². The maximum Gasteiger partial charge on any atom is -1.00 e. The molecule has 0 aromatic rings. The number of allylic oxidation sites excluding steroid dienone is 4. The monoisotopic (exact) mass is 311 g/mol. The van der Waals surface area contributed by atoms with Gasteiger partial charge in [0.05, 0.1) is 0 Å². The Bertz CT molecular complexity index is 248. The van der Waals surface area contributed by atoms with Gasteiger partial charge in [-0.2, -0.15) is 0 Å². The first-order valence-electron chi connectivity index (χ1n) is 5.63. The molecule has 0 unspecified atom stereocenters. The Kier molecular flexibility index (Phi) is 8.68. The van der Waals surface area contributed by atoms with Crippen LogP contribution in [0, 0.1) is 0 Å². The molecule has 1 rings (SSSR count). The van der Waals surface area contributed by atoms with Gasteiger partial charge in [0.1, 0.15) is 0 Å². The number of hydrogen-bond donors (Lipinski definition) is 0. The van der Waals surface area contributed by atoms with Gasteiger partial charge < -0.3 is 24.8 Å². The zero-order valence-electron chi connectivity index (χ0n) is 11.6. The van der Waals surface area contributed by atoms with Crippen molar-refractivity contribution in [2.24, 2.45) is 0 Å². The zero-order chi connectivity index (χ0) is 11.7. The van der Waals surface area contributed by atoms with Crippen LogP contribution in [-0.4, -0.2) is 14.5 Å². The first kappa shape index (κ1) is 20.1. The fraction of sp³-hybridized carbons (Fsp3) is 0.692. The fourth-order valence-corrected chi connectivity index (χ4v) is 4.35. The van der Waals surface area contributed by atoms with Gasteiger partial charge in [0.2, 0.25) is 0 Å². The molecule has 0 fully saturated rings. The maximum atomic E-state index is 2.70. The van der Waals surface area contributed by atoms with Crippen molar-refractivity contribution in [3.05, 3.63) is 24.3 Å². The topological polar surface area (TPSA) is 3.24 Å². The summed E-state index contributed by atoms with van der Waals surface area (Å²) in [7, 11) is 0. The van der Waals surface area contributed by atoms with Crippen LogP contribution < -0.4 is 24.8 Å². The summed E-state index contributed by atoms with van der Waals surface area (Å²) in [6, 6.07) is 0. The van der Waals surface area contributed by atoms with Crippen molar-refractivity contribution in [3.63, 3.8) is 0 Å². The Labute approximate surface area is 128 Å². The second-order valence-electron chi connectivity index (χ2n) is 6.10. The summed E-state index contributed by atoms with van der Waals surface area (Å²) in [5.74, 6) is 0. The summed E-state index contributed by atoms with van der Waals surface area (Å²) in [4.78, 5) is 0. The van der Waals surface area contributed by atoms with Crippen LogP contribution in [0.25, 0.3) is 0 Å². The van der Waals surface area contributed by atoms with Crippen molar-refractivity contribution >= 4 is 0 Å². The number of halogens is 2. The average Bonchev–Trinajstić information content (AvgIpc) is 2.46. The molecule has 0 saturated carbocycles.